The summed E-state index contributed by atoms with van der Waals surface area (Å²) in [6, 6.07) is 4.38. The van der Waals surface area contributed by atoms with Gasteiger partial charge in [-0.1, -0.05) is 0 Å². The van der Waals surface area contributed by atoms with E-state index in [1.54, 1.807) is 23.2 Å². The third kappa shape index (κ3) is 2.46. The van der Waals surface area contributed by atoms with Gasteiger partial charge in [-0.15, -0.1) is 0 Å². The van der Waals surface area contributed by atoms with Gasteiger partial charge in [0.05, 0.1) is 24.5 Å². The van der Waals surface area contributed by atoms with Crippen LogP contribution in [0.3, 0.4) is 0 Å². The van der Waals surface area contributed by atoms with Crippen molar-refractivity contribution in [1.29, 1.82) is 0 Å². The predicted octanol–water partition coefficient (Wildman–Crippen LogP) is 1.78. The third-order valence-corrected chi connectivity index (χ3v) is 4.31. The summed E-state index contributed by atoms with van der Waals surface area (Å²) in [5.74, 6) is 0.559. The molecule has 2 aliphatic rings. The van der Waals surface area contributed by atoms with Crippen LogP contribution in [-0.2, 0) is 6.54 Å². The SMILES string of the molecule is O=c1ccc(C2CC2)nn1CC1CCCN1c1ncco1. The molecule has 0 radical (unpaired) electrons. The maximum absolute atomic E-state index is 12.0. The zero-order chi connectivity index (χ0) is 14.2. The van der Waals surface area contributed by atoms with Gasteiger partial charge in [-0.05, 0) is 31.7 Å². The minimum absolute atomic E-state index is 0.0290. The number of rotatable bonds is 4. The van der Waals surface area contributed by atoms with Gasteiger partial charge < -0.3 is 9.32 Å². The molecule has 2 aromatic rings. The van der Waals surface area contributed by atoms with E-state index in [1.165, 1.54) is 12.8 Å². The highest BCUT2D eigenvalue weighted by molar-refractivity contribution is 5.29. The Hall–Kier alpha value is -2.11. The first-order valence-electron chi connectivity index (χ1n) is 7.55. The van der Waals surface area contributed by atoms with Crippen molar-refractivity contribution in [3.05, 3.63) is 40.6 Å². The van der Waals surface area contributed by atoms with Crippen molar-refractivity contribution in [2.75, 3.05) is 11.4 Å². The monoisotopic (exact) mass is 286 g/mol. The fourth-order valence-corrected chi connectivity index (χ4v) is 3.03. The van der Waals surface area contributed by atoms with Crippen molar-refractivity contribution in [2.45, 2.75) is 44.2 Å². The number of hydrogen-bond acceptors (Lipinski definition) is 5. The van der Waals surface area contributed by atoms with E-state index in [2.05, 4.69) is 15.0 Å². The number of anilines is 1. The van der Waals surface area contributed by atoms with Crippen molar-refractivity contribution < 1.29 is 4.42 Å². The Morgan fingerprint density at radius 3 is 2.95 bits per heavy atom. The quantitative estimate of drug-likeness (QED) is 0.857. The van der Waals surface area contributed by atoms with E-state index in [0.29, 0.717) is 18.5 Å². The Balaban J connectivity index is 1.57. The molecule has 1 unspecified atom stereocenters. The van der Waals surface area contributed by atoms with Gasteiger partial charge in [0.15, 0.2) is 0 Å². The van der Waals surface area contributed by atoms with E-state index in [-0.39, 0.29) is 11.6 Å². The second-order valence-corrected chi connectivity index (χ2v) is 5.86. The summed E-state index contributed by atoms with van der Waals surface area (Å²) in [5, 5.41) is 4.54. The fourth-order valence-electron chi connectivity index (χ4n) is 3.03. The summed E-state index contributed by atoms with van der Waals surface area (Å²) < 4.78 is 7.01. The second-order valence-electron chi connectivity index (χ2n) is 5.86. The summed E-state index contributed by atoms with van der Waals surface area (Å²) in [6.07, 6.45) is 7.74. The van der Waals surface area contributed by atoms with E-state index >= 15 is 0 Å². The topological polar surface area (TPSA) is 64.2 Å². The molecule has 4 rings (SSSR count). The first-order valence-corrected chi connectivity index (χ1v) is 7.55. The average Bonchev–Trinajstić information content (AvgIpc) is 3.00. The van der Waals surface area contributed by atoms with Crippen LogP contribution >= 0.6 is 0 Å². The predicted molar refractivity (Wildman–Crippen MR) is 77.3 cm³/mol. The molecular formula is C15H18N4O2. The highest BCUT2D eigenvalue weighted by Gasteiger charge is 2.29. The highest BCUT2D eigenvalue weighted by atomic mass is 16.4. The third-order valence-electron chi connectivity index (χ3n) is 4.31. The van der Waals surface area contributed by atoms with Crippen molar-refractivity contribution in [3.63, 3.8) is 0 Å². The molecule has 1 aliphatic heterocycles. The van der Waals surface area contributed by atoms with Crippen molar-refractivity contribution in [2.24, 2.45) is 0 Å². The zero-order valence-corrected chi connectivity index (χ0v) is 11.8. The van der Waals surface area contributed by atoms with E-state index < -0.39 is 0 Å². The van der Waals surface area contributed by atoms with Crippen LogP contribution in [0.1, 0.15) is 37.3 Å². The molecule has 21 heavy (non-hydrogen) atoms. The number of oxazole rings is 1. The van der Waals surface area contributed by atoms with Crippen LogP contribution in [0, 0.1) is 0 Å². The maximum atomic E-state index is 12.0. The Morgan fingerprint density at radius 2 is 2.19 bits per heavy atom. The molecule has 110 valence electrons. The molecule has 1 saturated carbocycles. The summed E-state index contributed by atoms with van der Waals surface area (Å²) in [4.78, 5) is 18.4. The normalized spacial score (nSPS) is 21.9. The molecule has 0 aromatic carbocycles. The van der Waals surface area contributed by atoms with E-state index in [4.69, 9.17) is 4.42 Å². The largest absolute Gasteiger partial charge is 0.432 e. The van der Waals surface area contributed by atoms with Crippen LogP contribution in [0.2, 0.25) is 0 Å². The van der Waals surface area contributed by atoms with Crippen LogP contribution in [0.15, 0.2) is 33.8 Å². The summed E-state index contributed by atoms with van der Waals surface area (Å²) in [7, 11) is 0. The molecule has 1 aliphatic carbocycles. The Bertz CT molecular complexity index is 675. The van der Waals surface area contributed by atoms with E-state index in [9.17, 15) is 4.79 Å². The van der Waals surface area contributed by atoms with E-state index in [0.717, 1.165) is 25.1 Å². The van der Waals surface area contributed by atoms with Gasteiger partial charge in [0, 0.05) is 18.5 Å². The first kappa shape index (κ1) is 12.6. The molecule has 1 atom stereocenters. The molecule has 6 heteroatoms. The van der Waals surface area contributed by atoms with Gasteiger partial charge in [-0.25, -0.2) is 9.67 Å². The van der Waals surface area contributed by atoms with E-state index in [1.807, 2.05) is 6.07 Å². The van der Waals surface area contributed by atoms with Crippen LogP contribution in [-0.4, -0.2) is 27.4 Å². The smallest absolute Gasteiger partial charge is 0.297 e. The van der Waals surface area contributed by atoms with Crippen LogP contribution < -0.4 is 10.5 Å². The summed E-state index contributed by atoms with van der Waals surface area (Å²) in [6.45, 7) is 1.52. The van der Waals surface area contributed by atoms with Crippen molar-refractivity contribution in [3.8, 4) is 0 Å². The Labute approximate surface area is 122 Å². The maximum Gasteiger partial charge on any atom is 0.297 e. The molecule has 0 amide bonds. The molecule has 0 bridgehead atoms. The second kappa shape index (κ2) is 5.02. The van der Waals surface area contributed by atoms with Gasteiger partial charge in [0.2, 0.25) is 0 Å². The van der Waals surface area contributed by atoms with Crippen molar-refractivity contribution >= 4 is 6.01 Å². The lowest BCUT2D eigenvalue weighted by molar-refractivity contribution is 0.454. The zero-order valence-electron chi connectivity index (χ0n) is 11.8. The number of nitrogens with zero attached hydrogens (tertiary/aromatic N) is 4. The van der Waals surface area contributed by atoms with Crippen LogP contribution in [0.25, 0.3) is 0 Å². The molecule has 6 nitrogen and oxygen atoms in total. The molecule has 3 heterocycles. The Kier molecular flexibility index (Phi) is 3.02. The molecule has 1 saturated heterocycles. The molecule has 0 N–H and O–H groups in total. The van der Waals surface area contributed by atoms with Crippen molar-refractivity contribution in [1.82, 2.24) is 14.8 Å². The summed E-state index contributed by atoms with van der Waals surface area (Å²) >= 11 is 0. The Morgan fingerprint density at radius 1 is 1.29 bits per heavy atom. The standard InChI is InChI=1S/C15H18N4O2/c20-14-6-5-13(11-3-4-11)17-19(14)10-12-2-1-8-18(12)15-16-7-9-21-15/h5-7,9,11-12H,1-4,8,10H2. The lowest BCUT2D eigenvalue weighted by atomic mass is 10.2. The molecule has 2 fully saturated rings. The van der Waals surface area contributed by atoms with Crippen LogP contribution in [0.5, 0.6) is 0 Å². The molecule has 0 spiro atoms. The minimum atomic E-state index is -0.0290. The fraction of sp³-hybridized carbons (Fsp3) is 0.533. The van der Waals surface area contributed by atoms with Gasteiger partial charge >= 0.3 is 0 Å². The van der Waals surface area contributed by atoms with Crippen LogP contribution in [0.4, 0.5) is 6.01 Å². The highest BCUT2D eigenvalue weighted by Crippen LogP contribution is 2.38. The number of aromatic nitrogens is 3. The minimum Gasteiger partial charge on any atom is -0.432 e. The first-order chi connectivity index (χ1) is 10.3. The average molecular weight is 286 g/mol. The van der Waals surface area contributed by atoms with Gasteiger partial charge in [-0.2, -0.15) is 5.10 Å². The summed E-state index contributed by atoms with van der Waals surface area (Å²) in [5.41, 5.74) is 1.02. The lowest BCUT2D eigenvalue weighted by Crippen LogP contribution is -2.37. The van der Waals surface area contributed by atoms with Gasteiger partial charge in [0.1, 0.15) is 6.26 Å². The van der Waals surface area contributed by atoms with Gasteiger partial charge in [0.25, 0.3) is 11.6 Å². The molecular weight excluding hydrogens is 268 g/mol. The van der Waals surface area contributed by atoms with Gasteiger partial charge in [-0.3, -0.25) is 4.79 Å². The number of hydrogen-bond donors (Lipinski definition) is 0. The lowest BCUT2D eigenvalue weighted by Gasteiger charge is -2.23. The molecule has 2 aromatic heterocycles.